The largest absolute Gasteiger partial charge is 0.341 e. The molecule has 0 unspecified atom stereocenters. The Balaban J connectivity index is 0.00000162. The van der Waals surface area contributed by atoms with E-state index in [1.165, 1.54) is 5.56 Å². The highest BCUT2D eigenvalue weighted by molar-refractivity contribution is 9.11. The van der Waals surface area contributed by atoms with Gasteiger partial charge in [0.1, 0.15) is 0 Å². The summed E-state index contributed by atoms with van der Waals surface area (Å²) in [4.78, 5) is 14.1. The number of rotatable bonds is 3. The number of carbonyl (C=O) groups excluding carboxylic acids is 1. The van der Waals surface area contributed by atoms with E-state index in [1.807, 2.05) is 11.9 Å². The molecule has 1 aromatic rings. The molecule has 2 heterocycles. The summed E-state index contributed by atoms with van der Waals surface area (Å²) in [7, 11) is 1.90. The van der Waals surface area contributed by atoms with Gasteiger partial charge in [-0.3, -0.25) is 4.79 Å². The molecule has 1 amide bonds. The fourth-order valence-corrected chi connectivity index (χ4v) is 3.36. The summed E-state index contributed by atoms with van der Waals surface area (Å²) in [5.74, 6) is 0.497. The fraction of sp³-hybridized carbons (Fsp3) is 0.583. The van der Waals surface area contributed by atoms with Crippen molar-refractivity contribution in [3.8, 4) is 0 Å². The van der Waals surface area contributed by atoms with Gasteiger partial charge < -0.3 is 10.2 Å². The third kappa shape index (κ3) is 4.23. The minimum absolute atomic E-state index is 0. The SMILES string of the molecule is CN(Cc1csc(Br)c1)C(=O)C1CCNCC1.Cl. The van der Waals surface area contributed by atoms with Crippen molar-refractivity contribution in [3.05, 3.63) is 20.8 Å². The summed E-state index contributed by atoms with van der Waals surface area (Å²) >= 11 is 5.10. The number of amides is 1. The number of hydrogen-bond donors (Lipinski definition) is 1. The van der Waals surface area contributed by atoms with Gasteiger partial charge in [0.15, 0.2) is 0 Å². The van der Waals surface area contributed by atoms with Gasteiger partial charge in [0.25, 0.3) is 0 Å². The molecule has 1 fully saturated rings. The average molecular weight is 354 g/mol. The van der Waals surface area contributed by atoms with Crippen molar-refractivity contribution in [2.45, 2.75) is 19.4 Å². The summed E-state index contributed by atoms with van der Waals surface area (Å²) < 4.78 is 1.12. The minimum atomic E-state index is 0. The number of nitrogens with one attached hydrogen (secondary N) is 1. The maximum absolute atomic E-state index is 12.2. The summed E-state index contributed by atoms with van der Waals surface area (Å²) in [6, 6.07) is 2.08. The van der Waals surface area contributed by atoms with E-state index in [9.17, 15) is 4.79 Å². The zero-order chi connectivity index (χ0) is 12.3. The van der Waals surface area contributed by atoms with Gasteiger partial charge in [0, 0.05) is 19.5 Å². The van der Waals surface area contributed by atoms with E-state index in [2.05, 4.69) is 32.7 Å². The number of carbonyl (C=O) groups is 1. The molecule has 3 nitrogen and oxygen atoms in total. The molecule has 18 heavy (non-hydrogen) atoms. The molecule has 2 rings (SSSR count). The van der Waals surface area contributed by atoms with Gasteiger partial charge in [-0.2, -0.15) is 0 Å². The van der Waals surface area contributed by atoms with Gasteiger partial charge in [-0.1, -0.05) is 0 Å². The molecular weight excluding hydrogens is 336 g/mol. The van der Waals surface area contributed by atoms with E-state index in [-0.39, 0.29) is 24.2 Å². The molecule has 0 atom stereocenters. The van der Waals surface area contributed by atoms with Crippen LogP contribution in [-0.2, 0) is 11.3 Å². The number of piperidine rings is 1. The Kier molecular flexibility index (Phi) is 6.63. The Morgan fingerprint density at radius 2 is 2.22 bits per heavy atom. The van der Waals surface area contributed by atoms with E-state index < -0.39 is 0 Å². The first kappa shape index (κ1) is 16.0. The van der Waals surface area contributed by atoms with Gasteiger partial charge in [-0.25, -0.2) is 0 Å². The Labute approximate surface area is 126 Å². The molecule has 0 aliphatic carbocycles. The van der Waals surface area contributed by atoms with Gasteiger partial charge >= 0.3 is 0 Å². The Bertz CT molecular complexity index is 393. The summed E-state index contributed by atoms with van der Waals surface area (Å²) in [6.45, 7) is 2.65. The average Bonchev–Trinajstić information content (AvgIpc) is 2.75. The van der Waals surface area contributed by atoms with Crippen LogP contribution in [0.5, 0.6) is 0 Å². The van der Waals surface area contributed by atoms with E-state index in [0.717, 1.165) is 29.7 Å². The maximum Gasteiger partial charge on any atom is 0.225 e. The van der Waals surface area contributed by atoms with Crippen LogP contribution in [0, 0.1) is 5.92 Å². The van der Waals surface area contributed by atoms with Gasteiger partial charge in [0.2, 0.25) is 5.91 Å². The Morgan fingerprint density at radius 3 is 2.78 bits per heavy atom. The van der Waals surface area contributed by atoms with Crippen molar-refractivity contribution in [1.82, 2.24) is 10.2 Å². The standard InChI is InChI=1S/C12H17BrN2OS.ClH/c1-15(7-9-6-11(13)17-8-9)12(16)10-2-4-14-5-3-10;/h6,8,10,14H,2-5,7H2,1H3;1H. The van der Waals surface area contributed by atoms with Crippen LogP contribution in [0.2, 0.25) is 0 Å². The highest BCUT2D eigenvalue weighted by Crippen LogP contribution is 2.22. The zero-order valence-electron chi connectivity index (χ0n) is 10.3. The molecule has 0 saturated carbocycles. The van der Waals surface area contributed by atoms with Crippen LogP contribution in [0.4, 0.5) is 0 Å². The van der Waals surface area contributed by atoms with Crippen molar-refractivity contribution in [3.63, 3.8) is 0 Å². The second kappa shape index (κ2) is 7.48. The number of hydrogen-bond acceptors (Lipinski definition) is 3. The summed E-state index contributed by atoms with van der Waals surface area (Å²) in [6.07, 6.45) is 1.94. The van der Waals surface area contributed by atoms with Crippen LogP contribution in [0.3, 0.4) is 0 Å². The van der Waals surface area contributed by atoms with Gasteiger partial charge in [-0.05, 0) is 58.9 Å². The first-order valence-corrected chi connectivity index (χ1v) is 7.52. The van der Waals surface area contributed by atoms with Crippen molar-refractivity contribution >= 4 is 45.6 Å². The molecule has 6 heteroatoms. The second-order valence-electron chi connectivity index (χ2n) is 4.48. The predicted molar refractivity (Wildman–Crippen MR) is 81.3 cm³/mol. The maximum atomic E-state index is 12.2. The van der Waals surface area contributed by atoms with E-state index in [0.29, 0.717) is 6.54 Å². The summed E-state index contributed by atoms with van der Waals surface area (Å²) in [5.41, 5.74) is 1.20. The molecule has 0 aromatic carbocycles. The molecule has 0 spiro atoms. The highest BCUT2D eigenvalue weighted by atomic mass is 79.9. The van der Waals surface area contributed by atoms with Crippen molar-refractivity contribution in [2.75, 3.05) is 20.1 Å². The second-order valence-corrected chi connectivity index (χ2v) is 6.77. The molecule has 0 radical (unpaired) electrons. The van der Waals surface area contributed by atoms with Crippen LogP contribution in [-0.4, -0.2) is 30.9 Å². The molecule has 1 aliphatic rings. The summed E-state index contributed by atoms with van der Waals surface area (Å²) in [5, 5.41) is 5.38. The molecule has 1 aliphatic heterocycles. The zero-order valence-corrected chi connectivity index (χ0v) is 13.5. The van der Waals surface area contributed by atoms with Gasteiger partial charge in [-0.15, -0.1) is 23.7 Å². The van der Waals surface area contributed by atoms with E-state index in [4.69, 9.17) is 0 Å². The number of halogens is 2. The molecule has 1 aromatic heterocycles. The quantitative estimate of drug-likeness (QED) is 0.906. The van der Waals surface area contributed by atoms with Crippen molar-refractivity contribution in [2.24, 2.45) is 5.92 Å². The lowest BCUT2D eigenvalue weighted by Gasteiger charge is -2.26. The van der Waals surface area contributed by atoms with E-state index >= 15 is 0 Å². The number of nitrogens with zero attached hydrogens (tertiary/aromatic N) is 1. The van der Waals surface area contributed by atoms with Crippen molar-refractivity contribution in [1.29, 1.82) is 0 Å². The first-order valence-electron chi connectivity index (χ1n) is 5.85. The molecule has 102 valence electrons. The molecule has 1 saturated heterocycles. The molecule has 0 bridgehead atoms. The van der Waals surface area contributed by atoms with E-state index in [1.54, 1.807) is 11.3 Å². The lowest BCUT2D eigenvalue weighted by molar-refractivity contribution is -0.135. The normalized spacial score (nSPS) is 16.1. The lowest BCUT2D eigenvalue weighted by Crippen LogP contribution is -2.38. The fourth-order valence-electron chi connectivity index (χ4n) is 2.16. The lowest BCUT2D eigenvalue weighted by atomic mass is 9.96. The smallest absolute Gasteiger partial charge is 0.225 e. The Hall–Kier alpha value is -0.100. The van der Waals surface area contributed by atoms with Crippen LogP contribution >= 0.6 is 39.7 Å². The third-order valence-electron chi connectivity index (χ3n) is 3.11. The van der Waals surface area contributed by atoms with Crippen LogP contribution in [0.25, 0.3) is 0 Å². The van der Waals surface area contributed by atoms with Crippen LogP contribution in [0.15, 0.2) is 15.2 Å². The first-order chi connectivity index (χ1) is 8.16. The highest BCUT2D eigenvalue weighted by Gasteiger charge is 2.23. The van der Waals surface area contributed by atoms with Gasteiger partial charge in [0.05, 0.1) is 3.79 Å². The Morgan fingerprint density at radius 1 is 1.56 bits per heavy atom. The number of thiophene rings is 1. The molecular formula is C12H18BrClN2OS. The van der Waals surface area contributed by atoms with Crippen LogP contribution < -0.4 is 5.32 Å². The third-order valence-corrected chi connectivity index (χ3v) is 4.66. The monoisotopic (exact) mass is 352 g/mol. The topological polar surface area (TPSA) is 32.3 Å². The molecule has 1 N–H and O–H groups in total. The van der Waals surface area contributed by atoms with Crippen LogP contribution in [0.1, 0.15) is 18.4 Å². The van der Waals surface area contributed by atoms with Crippen molar-refractivity contribution < 1.29 is 4.79 Å². The minimum Gasteiger partial charge on any atom is -0.341 e. The predicted octanol–water partition coefficient (Wildman–Crippen LogP) is 2.89.